The molecule has 0 spiro atoms. The number of nitrogens with zero attached hydrogens (tertiary/aromatic N) is 3. The van der Waals surface area contributed by atoms with Gasteiger partial charge in [0, 0.05) is 26.7 Å². The molecule has 0 amide bonds. The molecule has 0 bridgehead atoms. The summed E-state index contributed by atoms with van der Waals surface area (Å²) in [5.41, 5.74) is 0.334. The molecule has 130 valence electrons. The van der Waals surface area contributed by atoms with Crippen LogP contribution in [0.3, 0.4) is 0 Å². The van der Waals surface area contributed by atoms with Crippen molar-refractivity contribution in [2.45, 2.75) is 51.2 Å². The minimum atomic E-state index is -1.15. The van der Waals surface area contributed by atoms with Crippen molar-refractivity contribution in [1.82, 2.24) is 14.8 Å². The van der Waals surface area contributed by atoms with Gasteiger partial charge in [0.15, 0.2) is 11.6 Å². The van der Waals surface area contributed by atoms with E-state index in [1.165, 1.54) is 12.1 Å². The molecular formula is C17H24FN3O2Si. The van der Waals surface area contributed by atoms with E-state index in [4.69, 9.17) is 4.74 Å². The molecule has 7 heteroatoms. The van der Waals surface area contributed by atoms with E-state index in [9.17, 15) is 9.50 Å². The van der Waals surface area contributed by atoms with Crippen LogP contribution in [0.5, 0.6) is 5.75 Å². The molecule has 0 unspecified atom stereocenters. The van der Waals surface area contributed by atoms with Crippen molar-refractivity contribution in [3.8, 4) is 17.1 Å². The standard InChI is InChI=1S/C17H24FN3O2Si/c1-24(2,3)9-8-23-11-21-17(19-16(20-21)12-4-5-12)14-7-6-13(22)10-15(14)18/h6-7,10,12,22H,4-5,8-9,11H2,1-3H3. The second-order valence-electron chi connectivity index (χ2n) is 7.58. The van der Waals surface area contributed by atoms with E-state index in [2.05, 4.69) is 29.7 Å². The maximum absolute atomic E-state index is 14.2. The van der Waals surface area contributed by atoms with Gasteiger partial charge < -0.3 is 9.84 Å². The summed E-state index contributed by atoms with van der Waals surface area (Å²) in [6.45, 7) is 7.84. The van der Waals surface area contributed by atoms with E-state index >= 15 is 0 Å². The minimum absolute atomic E-state index is 0.101. The van der Waals surface area contributed by atoms with Crippen LogP contribution in [0.15, 0.2) is 18.2 Å². The first-order valence-electron chi connectivity index (χ1n) is 8.35. The first kappa shape index (κ1) is 17.1. The highest BCUT2D eigenvalue weighted by Gasteiger charge is 2.29. The molecule has 24 heavy (non-hydrogen) atoms. The quantitative estimate of drug-likeness (QED) is 0.607. The lowest BCUT2D eigenvalue weighted by molar-refractivity contribution is 0.0793. The molecule has 0 saturated heterocycles. The highest BCUT2D eigenvalue weighted by Crippen LogP contribution is 2.39. The Morgan fingerprint density at radius 1 is 1.33 bits per heavy atom. The van der Waals surface area contributed by atoms with E-state index < -0.39 is 13.9 Å². The zero-order valence-corrected chi connectivity index (χ0v) is 15.4. The van der Waals surface area contributed by atoms with Crippen LogP contribution in [0.25, 0.3) is 11.4 Å². The number of benzene rings is 1. The molecule has 1 aromatic carbocycles. The fourth-order valence-corrected chi connectivity index (χ4v) is 3.13. The molecule has 5 nitrogen and oxygen atoms in total. The van der Waals surface area contributed by atoms with E-state index in [0.29, 0.717) is 23.9 Å². The van der Waals surface area contributed by atoms with Gasteiger partial charge in [-0.2, -0.15) is 5.10 Å². The Hall–Kier alpha value is -1.73. The fraction of sp³-hybridized carbons (Fsp3) is 0.529. The Balaban J connectivity index is 1.79. The Kier molecular flexibility index (Phi) is 4.73. The van der Waals surface area contributed by atoms with Crippen molar-refractivity contribution in [2.75, 3.05) is 6.61 Å². The summed E-state index contributed by atoms with van der Waals surface area (Å²) in [4.78, 5) is 4.52. The smallest absolute Gasteiger partial charge is 0.163 e. The maximum Gasteiger partial charge on any atom is 0.163 e. The molecule has 0 atom stereocenters. The third-order valence-electron chi connectivity index (χ3n) is 4.03. The van der Waals surface area contributed by atoms with Gasteiger partial charge in [-0.1, -0.05) is 19.6 Å². The number of aromatic nitrogens is 3. The van der Waals surface area contributed by atoms with Gasteiger partial charge in [-0.05, 0) is 31.0 Å². The average Bonchev–Trinajstić information content (AvgIpc) is 3.24. The molecule has 2 aromatic rings. The number of rotatable bonds is 7. The van der Waals surface area contributed by atoms with E-state index in [1.807, 2.05) is 0 Å². The molecule has 1 saturated carbocycles. The van der Waals surface area contributed by atoms with Gasteiger partial charge in [-0.15, -0.1) is 0 Å². The monoisotopic (exact) mass is 349 g/mol. The van der Waals surface area contributed by atoms with Crippen LogP contribution < -0.4 is 0 Å². The summed E-state index contributed by atoms with van der Waals surface area (Å²) in [7, 11) is -1.15. The van der Waals surface area contributed by atoms with E-state index in [-0.39, 0.29) is 12.5 Å². The lowest BCUT2D eigenvalue weighted by Gasteiger charge is -2.15. The maximum atomic E-state index is 14.2. The normalized spacial score (nSPS) is 15.0. The van der Waals surface area contributed by atoms with Crippen LogP contribution in [0.4, 0.5) is 4.39 Å². The highest BCUT2D eigenvalue weighted by molar-refractivity contribution is 6.76. The topological polar surface area (TPSA) is 60.2 Å². The van der Waals surface area contributed by atoms with Crippen LogP contribution >= 0.6 is 0 Å². The minimum Gasteiger partial charge on any atom is -0.508 e. The molecule has 3 rings (SSSR count). The molecule has 1 aromatic heterocycles. The third kappa shape index (κ3) is 4.21. The lowest BCUT2D eigenvalue weighted by atomic mass is 10.2. The molecule has 1 heterocycles. The number of halogens is 1. The third-order valence-corrected chi connectivity index (χ3v) is 5.74. The zero-order valence-electron chi connectivity index (χ0n) is 14.4. The van der Waals surface area contributed by atoms with Crippen molar-refractivity contribution in [2.24, 2.45) is 0 Å². The number of phenols is 1. The van der Waals surface area contributed by atoms with Gasteiger partial charge in [0.05, 0.1) is 5.56 Å². The van der Waals surface area contributed by atoms with Crippen molar-refractivity contribution >= 4 is 8.07 Å². The van der Waals surface area contributed by atoms with Crippen LogP contribution in [-0.4, -0.2) is 34.6 Å². The zero-order chi connectivity index (χ0) is 17.3. The number of hydrogen-bond acceptors (Lipinski definition) is 4. The Labute approximate surface area is 142 Å². The van der Waals surface area contributed by atoms with Gasteiger partial charge in [-0.25, -0.2) is 14.1 Å². The molecule has 1 aliphatic rings. The van der Waals surface area contributed by atoms with Crippen molar-refractivity contribution < 1.29 is 14.2 Å². The summed E-state index contributed by atoms with van der Waals surface area (Å²) in [5, 5.41) is 13.9. The first-order valence-corrected chi connectivity index (χ1v) is 12.1. The molecule has 1 aliphatic carbocycles. The number of ether oxygens (including phenoxy) is 1. The molecule has 0 aliphatic heterocycles. The van der Waals surface area contributed by atoms with Gasteiger partial charge in [0.1, 0.15) is 18.3 Å². The predicted molar refractivity (Wildman–Crippen MR) is 93.2 cm³/mol. The average molecular weight is 349 g/mol. The summed E-state index contributed by atoms with van der Waals surface area (Å²) in [5.74, 6) is 0.991. The van der Waals surface area contributed by atoms with Crippen LogP contribution in [-0.2, 0) is 11.5 Å². The van der Waals surface area contributed by atoms with Crippen LogP contribution in [0.2, 0.25) is 25.7 Å². The predicted octanol–water partition coefficient (Wildman–Crippen LogP) is 3.98. The number of phenolic OH excluding ortho intramolecular Hbond substituents is 1. The van der Waals surface area contributed by atoms with Crippen molar-refractivity contribution in [3.05, 3.63) is 29.8 Å². The van der Waals surface area contributed by atoms with E-state index in [1.54, 1.807) is 4.68 Å². The summed E-state index contributed by atoms with van der Waals surface area (Å²) >= 11 is 0. The Morgan fingerprint density at radius 3 is 2.71 bits per heavy atom. The van der Waals surface area contributed by atoms with Gasteiger partial charge >= 0.3 is 0 Å². The first-order chi connectivity index (χ1) is 11.3. The van der Waals surface area contributed by atoms with Gasteiger partial charge in [0.25, 0.3) is 0 Å². The van der Waals surface area contributed by atoms with Gasteiger partial charge in [0.2, 0.25) is 0 Å². The summed E-state index contributed by atoms with van der Waals surface area (Å²) in [6.07, 6.45) is 2.16. The molecule has 1 fully saturated rings. The summed E-state index contributed by atoms with van der Waals surface area (Å²) in [6, 6.07) is 5.15. The number of hydrogen-bond donors (Lipinski definition) is 1. The van der Waals surface area contributed by atoms with Crippen molar-refractivity contribution in [3.63, 3.8) is 0 Å². The highest BCUT2D eigenvalue weighted by atomic mass is 28.3. The SMILES string of the molecule is C[Si](C)(C)CCOCn1nc(C2CC2)nc1-c1ccc(O)cc1F. The Morgan fingerprint density at radius 2 is 2.08 bits per heavy atom. The summed E-state index contributed by atoms with van der Waals surface area (Å²) < 4.78 is 21.6. The molecule has 1 N–H and O–H groups in total. The van der Waals surface area contributed by atoms with Gasteiger partial charge in [-0.3, -0.25) is 0 Å². The lowest BCUT2D eigenvalue weighted by Crippen LogP contribution is -2.22. The van der Waals surface area contributed by atoms with Crippen LogP contribution in [0, 0.1) is 5.82 Å². The van der Waals surface area contributed by atoms with E-state index in [0.717, 1.165) is 30.8 Å². The number of aromatic hydroxyl groups is 1. The molecular weight excluding hydrogens is 325 g/mol. The largest absolute Gasteiger partial charge is 0.508 e. The van der Waals surface area contributed by atoms with Crippen LogP contribution in [0.1, 0.15) is 24.6 Å². The second-order valence-corrected chi connectivity index (χ2v) is 13.2. The second kappa shape index (κ2) is 6.64. The van der Waals surface area contributed by atoms with Crippen molar-refractivity contribution in [1.29, 1.82) is 0 Å². The Bertz CT molecular complexity index is 723. The fourth-order valence-electron chi connectivity index (χ4n) is 2.38. The molecule has 0 radical (unpaired) electrons.